The van der Waals surface area contributed by atoms with E-state index in [1.807, 2.05) is 26.1 Å². The molecular formula is C16H17ClN2O2. The first kappa shape index (κ1) is 15.5. The molecule has 110 valence electrons. The molecule has 0 fully saturated rings. The molecule has 0 radical (unpaired) electrons. The number of benzene rings is 2. The Labute approximate surface area is 128 Å². The van der Waals surface area contributed by atoms with E-state index in [2.05, 4.69) is 11.4 Å². The summed E-state index contributed by atoms with van der Waals surface area (Å²) in [6.07, 6.45) is 0.744. The molecule has 0 heterocycles. The molecule has 5 heteroatoms. The summed E-state index contributed by atoms with van der Waals surface area (Å²) in [6.45, 7) is 2.01. The number of aryl methyl sites for hydroxylation is 1. The minimum Gasteiger partial charge on any atom is -0.313 e. The molecule has 4 nitrogen and oxygen atoms in total. The molecule has 0 amide bonds. The van der Waals surface area contributed by atoms with E-state index >= 15 is 0 Å². The Bertz CT molecular complexity index is 621. The van der Waals surface area contributed by atoms with Crippen molar-refractivity contribution in [1.82, 2.24) is 5.32 Å². The largest absolute Gasteiger partial charge is 0.313 e. The predicted octanol–water partition coefficient (Wildman–Crippen LogP) is 4.06. The number of halogens is 1. The Morgan fingerprint density at radius 3 is 2.43 bits per heavy atom. The lowest BCUT2D eigenvalue weighted by atomic mass is 9.97. The molecule has 1 atom stereocenters. The van der Waals surface area contributed by atoms with Crippen molar-refractivity contribution in [2.45, 2.75) is 19.4 Å². The van der Waals surface area contributed by atoms with Crippen LogP contribution in [0.5, 0.6) is 0 Å². The van der Waals surface area contributed by atoms with E-state index in [9.17, 15) is 10.1 Å². The van der Waals surface area contributed by atoms with Crippen molar-refractivity contribution in [1.29, 1.82) is 0 Å². The zero-order valence-corrected chi connectivity index (χ0v) is 12.7. The van der Waals surface area contributed by atoms with Gasteiger partial charge in [0.2, 0.25) is 0 Å². The van der Waals surface area contributed by atoms with E-state index in [4.69, 9.17) is 11.6 Å². The number of likely N-dealkylation sites (N-methyl/N-ethyl adjacent to an activating group) is 1. The topological polar surface area (TPSA) is 55.2 Å². The van der Waals surface area contributed by atoms with Crippen molar-refractivity contribution >= 4 is 17.3 Å². The van der Waals surface area contributed by atoms with Crippen LogP contribution in [0.3, 0.4) is 0 Å². The fourth-order valence-electron chi connectivity index (χ4n) is 2.34. The van der Waals surface area contributed by atoms with Crippen molar-refractivity contribution in [3.8, 4) is 0 Å². The Morgan fingerprint density at radius 1 is 1.24 bits per heavy atom. The quantitative estimate of drug-likeness (QED) is 0.669. The van der Waals surface area contributed by atoms with E-state index in [0.29, 0.717) is 5.02 Å². The number of rotatable bonds is 5. The van der Waals surface area contributed by atoms with Gasteiger partial charge in [-0.25, -0.2) is 0 Å². The monoisotopic (exact) mass is 304 g/mol. The second-order valence-electron chi connectivity index (χ2n) is 5.03. The lowest BCUT2D eigenvalue weighted by molar-refractivity contribution is -0.384. The number of non-ortho nitro benzene ring substituents is 1. The summed E-state index contributed by atoms with van der Waals surface area (Å²) in [5, 5.41) is 14.6. The number of nitrogens with zero attached hydrogens (tertiary/aromatic N) is 1. The number of nitro benzene ring substituents is 1. The smallest absolute Gasteiger partial charge is 0.269 e. The average Bonchev–Trinajstić information content (AvgIpc) is 2.44. The third-order valence-electron chi connectivity index (χ3n) is 3.40. The van der Waals surface area contributed by atoms with Crippen LogP contribution < -0.4 is 5.32 Å². The fraction of sp³-hybridized carbons (Fsp3) is 0.250. The molecule has 0 aromatic heterocycles. The van der Waals surface area contributed by atoms with Crippen molar-refractivity contribution in [3.63, 3.8) is 0 Å². The van der Waals surface area contributed by atoms with E-state index in [0.717, 1.165) is 23.1 Å². The van der Waals surface area contributed by atoms with Crippen LogP contribution in [0.15, 0.2) is 42.5 Å². The molecule has 2 aromatic rings. The zero-order chi connectivity index (χ0) is 15.4. The summed E-state index contributed by atoms with van der Waals surface area (Å²) in [7, 11) is 1.90. The maximum Gasteiger partial charge on any atom is 0.269 e. The summed E-state index contributed by atoms with van der Waals surface area (Å²) in [6, 6.07) is 12.7. The molecule has 0 saturated heterocycles. The van der Waals surface area contributed by atoms with E-state index in [1.54, 1.807) is 12.1 Å². The SMILES string of the molecule is CNC(Cc1ccc([N+](=O)[O-])cc1)c1cc(C)cc(Cl)c1. The highest BCUT2D eigenvalue weighted by Gasteiger charge is 2.12. The third kappa shape index (κ3) is 4.03. The first-order valence-corrected chi connectivity index (χ1v) is 7.05. The minimum atomic E-state index is -0.389. The number of nitrogens with one attached hydrogen (secondary N) is 1. The molecule has 1 N–H and O–H groups in total. The second-order valence-corrected chi connectivity index (χ2v) is 5.47. The van der Waals surface area contributed by atoms with E-state index < -0.39 is 0 Å². The summed E-state index contributed by atoms with van der Waals surface area (Å²) in [5.41, 5.74) is 3.37. The lowest BCUT2D eigenvalue weighted by Gasteiger charge is -2.18. The van der Waals surface area contributed by atoms with Crippen LogP contribution in [0.25, 0.3) is 0 Å². The zero-order valence-electron chi connectivity index (χ0n) is 12.0. The molecule has 1 unspecified atom stereocenters. The first-order valence-electron chi connectivity index (χ1n) is 6.67. The number of hydrogen-bond donors (Lipinski definition) is 1. The van der Waals surface area contributed by atoms with Crippen LogP contribution >= 0.6 is 11.6 Å². The van der Waals surface area contributed by atoms with Gasteiger partial charge in [0.05, 0.1) is 4.92 Å². The fourth-order valence-corrected chi connectivity index (χ4v) is 2.64. The van der Waals surface area contributed by atoms with Gasteiger partial charge in [0.1, 0.15) is 0 Å². The third-order valence-corrected chi connectivity index (χ3v) is 3.62. The second kappa shape index (κ2) is 6.70. The lowest BCUT2D eigenvalue weighted by Crippen LogP contribution is -2.19. The van der Waals surface area contributed by atoms with Gasteiger partial charge in [-0.1, -0.05) is 29.8 Å². The van der Waals surface area contributed by atoms with Crippen LogP contribution in [0, 0.1) is 17.0 Å². The maximum absolute atomic E-state index is 10.7. The Balaban J connectivity index is 2.20. The van der Waals surface area contributed by atoms with Crippen LogP contribution in [0.1, 0.15) is 22.7 Å². The molecule has 0 bridgehead atoms. The van der Waals surface area contributed by atoms with Crippen molar-refractivity contribution in [3.05, 3.63) is 74.3 Å². The first-order chi connectivity index (χ1) is 9.99. The highest BCUT2D eigenvalue weighted by Crippen LogP contribution is 2.24. The number of nitro groups is 1. The van der Waals surface area contributed by atoms with Gasteiger partial charge in [-0.3, -0.25) is 10.1 Å². The molecule has 0 aliphatic rings. The minimum absolute atomic E-state index is 0.110. The predicted molar refractivity (Wildman–Crippen MR) is 84.8 cm³/mol. The van der Waals surface area contributed by atoms with Gasteiger partial charge in [-0.15, -0.1) is 0 Å². The Hall–Kier alpha value is -1.91. The van der Waals surface area contributed by atoms with Crippen LogP contribution in [0.4, 0.5) is 5.69 Å². The standard InChI is InChI=1S/C16H17ClN2O2/c1-11-7-13(10-14(17)8-11)16(18-2)9-12-3-5-15(6-4-12)19(20)21/h3-8,10,16,18H,9H2,1-2H3. The van der Waals surface area contributed by atoms with Crippen LogP contribution in [-0.4, -0.2) is 12.0 Å². The van der Waals surface area contributed by atoms with Crippen molar-refractivity contribution < 1.29 is 4.92 Å². The molecule has 0 aliphatic heterocycles. The van der Waals surface area contributed by atoms with Gasteiger partial charge in [-0.05, 0) is 49.2 Å². The van der Waals surface area contributed by atoms with Crippen molar-refractivity contribution in [2.75, 3.05) is 7.05 Å². The molecule has 21 heavy (non-hydrogen) atoms. The average molecular weight is 305 g/mol. The van der Waals surface area contributed by atoms with E-state index in [1.165, 1.54) is 12.1 Å². The molecule has 2 aromatic carbocycles. The van der Waals surface area contributed by atoms with Gasteiger partial charge in [0.15, 0.2) is 0 Å². The highest BCUT2D eigenvalue weighted by molar-refractivity contribution is 6.30. The summed E-state index contributed by atoms with van der Waals surface area (Å²) in [4.78, 5) is 10.3. The van der Waals surface area contributed by atoms with E-state index in [-0.39, 0.29) is 16.7 Å². The Morgan fingerprint density at radius 2 is 1.90 bits per heavy atom. The summed E-state index contributed by atoms with van der Waals surface area (Å²) >= 11 is 6.11. The van der Waals surface area contributed by atoms with Gasteiger partial charge in [0.25, 0.3) is 5.69 Å². The van der Waals surface area contributed by atoms with Crippen molar-refractivity contribution in [2.24, 2.45) is 0 Å². The highest BCUT2D eigenvalue weighted by atomic mass is 35.5. The normalized spacial score (nSPS) is 12.1. The Kier molecular flexibility index (Phi) is 4.94. The van der Waals surface area contributed by atoms with Crippen LogP contribution in [-0.2, 0) is 6.42 Å². The van der Waals surface area contributed by atoms with Crippen LogP contribution in [0.2, 0.25) is 5.02 Å². The molecule has 0 saturated carbocycles. The maximum atomic E-state index is 10.7. The van der Waals surface area contributed by atoms with Gasteiger partial charge < -0.3 is 5.32 Å². The van der Waals surface area contributed by atoms with Gasteiger partial charge >= 0.3 is 0 Å². The van der Waals surface area contributed by atoms with Gasteiger partial charge in [0, 0.05) is 23.2 Å². The number of hydrogen-bond acceptors (Lipinski definition) is 3. The molecule has 0 spiro atoms. The summed E-state index contributed by atoms with van der Waals surface area (Å²) < 4.78 is 0. The molecule has 0 aliphatic carbocycles. The van der Waals surface area contributed by atoms with Gasteiger partial charge in [-0.2, -0.15) is 0 Å². The molecular weight excluding hydrogens is 288 g/mol. The molecule has 2 rings (SSSR count). The summed E-state index contributed by atoms with van der Waals surface area (Å²) in [5.74, 6) is 0.